The second kappa shape index (κ2) is 8.65. The fourth-order valence-corrected chi connectivity index (χ4v) is 3.46. The van der Waals surface area contributed by atoms with E-state index in [4.69, 9.17) is 0 Å². The van der Waals surface area contributed by atoms with E-state index in [9.17, 15) is 9.59 Å². The third-order valence-electron chi connectivity index (χ3n) is 4.93. The Morgan fingerprint density at radius 1 is 1.12 bits per heavy atom. The maximum Gasteiger partial charge on any atom is 0.224 e. The maximum atomic E-state index is 12.3. The summed E-state index contributed by atoms with van der Waals surface area (Å²) in [4.78, 5) is 26.4. The van der Waals surface area contributed by atoms with Crippen LogP contribution in [0.25, 0.3) is 0 Å². The van der Waals surface area contributed by atoms with Gasteiger partial charge in [0.2, 0.25) is 11.8 Å². The van der Waals surface area contributed by atoms with Crippen LogP contribution in [0.2, 0.25) is 0 Å². The quantitative estimate of drug-likeness (QED) is 0.835. The van der Waals surface area contributed by atoms with Crippen LogP contribution in [0.15, 0.2) is 54.6 Å². The molecule has 0 saturated carbocycles. The number of carbonyl (C=O) groups excluding carboxylic acids is 2. The van der Waals surface area contributed by atoms with Gasteiger partial charge in [-0.15, -0.1) is 0 Å². The predicted octanol–water partition coefficient (Wildman–Crippen LogP) is 2.89. The van der Waals surface area contributed by atoms with Crippen LogP contribution in [0.3, 0.4) is 0 Å². The van der Waals surface area contributed by atoms with Gasteiger partial charge in [0.1, 0.15) is 0 Å². The van der Waals surface area contributed by atoms with Crippen LogP contribution in [0.4, 0.5) is 0 Å². The second-order valence-electron chi connectivity index (χ2n) is 7.00. The van der Waals surface area contributed by atoms with Gasteiger partial charge < -0.3 is 10.2 Å². The Hall–Kier alpha value is -2.62. The number of hydrogen-bond donors (Lipinski definition) is 1. The van der Waals surface area contributed by atoms with Gasteiger partial charge in [-0.3, -0.25) is 9.59 Å². The first-order valence-corrected chi connectivity index (χ1v) is 9.27. The lowest BCUT2D eigenvalue weighted by molar-refractivity contribution is -0.127. The molecule has 1 aliphatic heterocycles. The van der Waals surface area contributed by atoms with Crippen LogP contribution >= 0.6 is 0 Å². The van der Waals surface area contributed by atoms with Crippen molar-refractivity contribution in [2.45, 2.75) is 38.6 Å². The molecule has 0 bridgehead atoms. The number of nitrogens with zero attached hydrogens (tertiary/aromatic N) is 1. The summed E-state index contributed by atoms with van der Waals surface area (Å²) in [7, 11) is 0. The number of rotatable bonds is 7. The molecule has 3 rings (SSSR count). The molecule has 4 nitrogen and oxygen atoms in total. The molecule has 1 aliphatic rings. The van der Waals surface area contributed by atoms with Gasteiger partial charge in [0.05, 0.1) is 12.5 Å². The first-order chi connectivity index (χ1) is 12.6. The molecule has 1 heterocycles. The number of hydrogen-bond acceptors (Lipinski definition) is 2. The lowest BCUT2D eigenvalue weighted by Crippen LogP contribution is -2.38. The van der Waals surface area contributed by atoms with Crippen molar-refractivity contribution in [2.75, 3.05) is 13.1 Å². The predicted molar refractivity (Wildman–Crippen MR) is 103 cm³/mol. The number of nitrogens with one attached hydrogen (secondary N) is 1. The second-order valence-corrected chi connectivity index (χ2v) is 7.00. The average molecular weight is 350 g/mol. The summed E-state index contributed by atoms with van der Waals surface area (Å²) in [6, 6.07) is 18.1. The number of benzene rings is 2. The van der Waals surface area contributed by atoms with Crippen molar-refractivity contribution in [1.82, 2.24) is 10.2 Å². The van der Waals surface area contributed by atoms with Crippen LogP contribution in [-0.4, -0.2) is 35.8 Å². The van der Waals surface area contributed by atoms with Crippen LogP contribution in [0, 0.1) is 6.92 Å². The van der Waals surface area contributed by atoms with E-state index in [0.717, 1.165) is 30.5 Å². The first-order valence-electron chi connectivity index (χ1n) is 9.27. The smallest absolute Gasteiger partial charge is 0.224 e. The standard InChI is InChI=1S/C22H26N2O2/c1-17-8-5-6-12-19(17)14-21(25)23-20-15-22(26)24(16-20)13-7-11-18-9-3-2-4-10-18/h2-6,8-10,12,20H,7,11,13-16H2,1H3,(H,23,25)/t20-/m0/s1. The molecule has 1 fully saturated rings. The maximum absolute atomic E-state index is 12.3. The molecule has 2 aromatic carbocycles. The molecule has 2 aromatic rings. The van der Waals surface area contributed by atoms with Crippen LogP contribution < -0.4 is 5.32 Å². The fourth-order valence-electron chi connectivity index (χ4n) is 3.46. The van der Waals surface area contributed by atoms with Crippen molar-refractivity contribution in [3.63, 3.8) is 0 Å². The Balaban J connectivity index is 1.44. The Bertz CT molecular complexity index is 758. The SMILES string of the molecule is Cc1ccccc1CC(=O)N[C@H]1CC(=O)N(CCCc2ccccc2)C1. The topological polar surface area (TPSA) is 49.4 Å². The van der Waals surface area contributed by atoms with E-state index in [1.165, 1.54) is 5.56 Å². The molecular formula is C22H26N2O2. The highest BCUT2D eigenvalue weighted by Gasteiger charge is 2.30. The molecule has 0 aliphatic carbocycles. The molecule has 1 N–H and O–H groups in total. The average Bonchev–Trinajstić information content (AvgIpc) is 2.97. The molecule has 0 aromatic heterocycles. The first kappa shape index (κ1) is 18.2. The Morgan fingerprint density at radius 3 is 2.62 bits per heavy atom. The fraction of sp³-hybridized carbons (Fsp3) is 0.364. The van der Waals surface area contributed by atoms with E-state index < -0.39 is 0 Å². The third-order valence-corrected chi connectivity index (χ3v) is 4.93. The molecule has 4 heteroatoms. The monoisotopic (exact) mass is 350 g/mol. The van der Waals surface area contributed by atoms with Gasteiger partial charge in [0.25, 0.3) is 0 Å². The number of carbonyl (C=O) groups is 2. The zero-order chi connectivity index (χ0) is 18.4. The molecule has 26 heavy (non-hydrogen) atoms. The van der Waals surface area contributed by atoms with Crippen molar-refractivity contribution in [2.24, 2.45) is 0 Å². The molecule has 2 amide bonds. The van der Waals surface area contributed by atoms with Gasteiger partial charge in [0.15, 0.2) is 0 Å². The van der Waals surface area contributed by atoms with Gasteiger partial charge in [-0.1, -0.05) is 54.6 Å². The number of likely N-dealkylation sites (tertiary alicyclic amines) is 1. The van der Waals surface area contributed by atoms with Crippen molar-refractivity contribution < 1.29 is 9.59 Å². The lowest BCUT2D eigenvalue weighted by Gasteiger charge is -2.17. The molecule has 136 valence electrons. The normalized spacial score (nSPS) is 16.7. The summed E-state index contributed by atoms with van der Waals surface area (Å²) in [5.74, 6) is 0.127. The molecule has 1 atom stereocenters. The summed E-state index contributed by atoms with van der Waals surface area (Å²) < 4.78 is 0. The van der Waals surface area contributed by atoms with E-state index in [-0.39, 0.29) is 17.9 Å². The van der Waals surface area contributed by atoms with Gasteiger partial charge in [0, 0.05) is 19.5 Å². The van der Waals surface area contributed by atoms with Crippen molar-refractivity contribution in [1.29, 1.82) is 0 Å². The Kier molecular flexibility index (Phi) is 6.05. The minimum atomic E-state index is -0.0734. The summed E-state index contributed by atoms with van der Waals surface area (Å²) in [6.45, 7) is 3.38. The third kappa shape index (κ3) is 4.94. The zero-order valence-electron chi connectivity index (χ0n) is 15.3. The van der Waals surface area contributed by atoms with Gasteiger partial charge in [-0.2, -0.15) is 0 Å². The molecule has 0 spiro atoms. The van der Waals surface area contributed by atoms with E-state index >= 15 is 0 Å². The minimum Gasteiger partial charge on any atom is -0.351 e. The van der Waals surface area contributed by atoms with E-state index in [1.54, 1.807) is 0 Å². The molecular weight excluding hydrogens is 324 g/mol. The van der Waals surface area contributed by atoms with Crippen LogP contribution in [0.1, 0.15) is 29.5 Å². The summed E-state index contributed by atoms with van der Waals surface area (Å²) in [6.07, 6.45) is 2.69. The summed E-state index contributed by atoms with van der Waals surface area (Å²) in [5, 5.41) is 3.02. The zero-order valence-corrected chi connectivity index (χ0v) is 15.3. The van der Waals surface area contributed by atoms with Crippen molar-refractivity contribution in [3.8, 4) is 0 Å². The Labute approximate surface area is 155 Å². The number of amides is 2. The van der Waals surface area contributed by atoms with Crippen LogP contribution in [-0.2, 0) is 22.4 Å². The van der Waals surface area contributed by atoms with Crippen molar-refractivity contribution >= 4 is 11.8 Å². The minimum absolute atomic E-state index is 0.0109. The van der Waals surface area contributed by atoms with Crippen LogP contribution in [0.5, 0.6) is 0 Å². The van der Waals surface area contributed by atoms with E-state index in [0.29, 0.717) is 19.4 Å². The highest BCUT2D eigenvalue weighted by atomic mass is 16.2. The van der Waals surface area contributed by atoms with E-state index in [1.807, 2.05) is 54.3 Å². The van der Waals surface area contributed by atoms with Gasteiger partial charge >= 0.3 is 0 Å². The summed E-state index contributed by atoms with van der Waals surface area (Å²) >= 11 is 0. The molecule has 1 saturated heterocycles. The largest absolute Gasteiger partial charge is 0.351 e. The summed E-state index contributed by atoms with van der Waals surface area (Å²) in [5.41, 5.74) is 3.45. The highest BCUT2D eigenvalue weighted by Crippen LogP contribution is 2.14. The number of aryl methyl sites for hydroxylation is 2. The molecule has 0 unspecified atom stereocenters. The van der Waals surface area contributed by atoms with Crippen molar-refractivity contribution in [3.05, 3.63) is 71.3 Å². The van der Waals surface area contributed by atoms with E-state index in [2.05, 4.69) is 17.4 Å². The van der Waals surface area contributed by atoms with Gasteiger partial charge in [-0.05, 0) is 36.5 Å². The highest BCUT2D eigenvalue weighted by molar-refractivity contribution is 5.83. The Morgan fingerprint density at radius 2 is 1.85 bits per heavy atom. The lowest BCUT2D eigenvalue weighted by atomic mass is 10.1. The molecule has 0 radical (unpaired) electrons. The van der Waals surface area contributed by atoms with Gasteiger partial charge in [-0.25, -0.2) is 0 Å².